The second kappa shape index (κ2) is 6.52. The molecule has 1 aliphatic rings. The van der Waals surface area contributed by atoms with Crippen molar-refractivity contribution in [3.05, 3.63) is 35.4 Å². The molecule has 2 aromatic rings. The second-order valence-corrected chi connectivity index (χ2v) is 6.16. The first-order chi connectivity index (χ1) is 10.6. The fourth-order valence-corrected chi connectivity index (χ4v) is 3.12. The molecule has 0 aromatic carbocycles. The van der Waals surface area contributed by atoms with Gasteiger partial charge in [-0.3, -0.25) is 14.9 Å². The van der Waals surface area contributed by atoms with E-state index in [0.717, 1.165) is 42.7 Å². The van der Waals surface area contributed by atoms with E-state index in [2.05, 4.69) is 25.0 Å². The first-order valence-electron chi connectivity index (χ1n) is 8.01. The van der Waals surface area contributed by atoms with Gasteiger partial charge in [-0.05, 0) is 40.2 Å². The summed E-state index contributed by atoms with van der Waals surface area (Å²) in [4.78, 5) is 15.8. The first-order valence-corrected chi connectivity index (χ1v) is 8.01. The lowest BCUT2D eigenvalue weighted by atomic mass is 10.0. The maximum Gasteiger partial charge on any atom is 0.147 e. The average Bonchev–Trinajstić information content (AvgIpc) is 2.81. The van der Waals surface area contributed by atoms with Gasteiger partial charge in [0.2, 0.25) is 0 Å². The molecular formula is C16H24N6. The molecule has 1 saturated heterocycles. The molecule has 1 fully saturated rings. The SMILES string of the molecule is Cc1cnc(CN2CCCC[C@H]2Cn2nc(C)nc2C)cn1. The molecular weight excluding hydrogens is 276 g/mol. The van der Waals surface area contributed by atoms with Crippen LogP contribution in [0.3, 0.4) is 0 Å². The van der Waals surface area contributed by atoms with E-state index < -0.39 is 0 Å². The summed E-state index contributed by atoms with van der Waals surface area (Å²) in [5, 5.41) is 4.51. The van der Waals surface area contributed by atoms with E-state index in [1.807, 2.05) is 37.8 Å². The zero-order valence-corrected chi connectivity index (χ0v) is 13.7. The molecule has 0 amide bonds. The minimum atomic E-state index is 0.497. The average molecular weight is 300 g/mol. The predicted octanol–water partition coefficient (Wildman–Crippen LogP) is 2.05. The van der Waals surface area contributed by atoms with E-state index >= 15 is 0 Å². The Labute approximate surface area is 131 Å². The zero-order valence-electron chi connectivity index (χ0n) is 13.7. The van der Waals surface area contributed by atoms with Crippen LogP contribution in [0.2, 0.25) is 0 Å². The lowest BCUT2D eigenvalue weighted by Crippen LogP contribution is -2.42. The third-order valence-corrected chi connectivity index (χ3v) is 4.29. The van der Waals surface area contributed by atoms with Crippen molar-refractivity contribution in [3.63, 3.8) is 0 Å². The van der Waals surface area contributed by atoms with Gasteiger partial charge < -0.3 is 0 Å². The number of aryl methyl sites for hydroxylation is 3. The van der Waals surface area contributed by atoms with Crippen LogP contribution in [-0.4, -0.2) is 42.2 Å². The summed E-state index contributed by atoms with van der Waals surface area (Å²) in [6.45, 7) is 8.84. The number of likely N-dealkylation sites (tertiary alicyclic amines) is 1. The van der Waals surface area contributed by atoms with Gasteiger partial charge in [0.25, 0.3) is 0 Å². The van der Waals surface area contributed by atoms with Crippen LogP contribution in [0.25, 0.3) is 0 Å². The van der Waals surface area contributed by atoms with E-state index in [4.69, 9.17) is 0 Å². The van der Waals surface area contributed by atoms with Gasteiger partial charge in [0.15, 0.2) is 0 Å². The molecule has 2 aromatic heterocycles. The van der Waals surface area contributed by atoms with Gasteiger partial charge in [-0.1, -0.05) is 6.42 Å². The lowest BCUT2D eigenvalue weighted by molar-refractivity contribution is 0.119. The summed E-state index contributed by atoms with van der Waals surface area (Å²) >= 11 is 0. The topological polar surface area (TPSA) is 59.7 Å². The predicted molar refractivity (Wildman–Crippen MR) is 84.3 cm³/mol. The fraction of sp³-hybridized carbons (Fsp3) is 0.625. The van der Waals surface area contributed by atoms with Crippen LogP contribution in [0.5, 0.6) is 0 Å². The molecule has 0 N–H and O–H groups in total. The van der Waals surface area contributed by atoms with Crippen molar-refractivity contribution in [2.24, 2.45) is 0 Å². The third-order valence-electron chi connectivity index (χ3n) is 4.29. The Morgan fingerprint density at radius 3 is 2.68 bits per heavy atom. The summed E-state index contributed by atoms with van der Waals surface area (Å²) in [6.07, 6.45) is 7.49. The number of piperidine rings is 1. The Morgan fingerprint density at radius 1 is 1.14 bits per heavy atom. The van der Waals surface area contributed by atoms with Crippen LogP contribution in [0.4, 0.5) is 0 Å². The van der Waals surface area contributed by atoms with Crippen LogP contribution in [-0.2, 0) is 13.1 Å². The highest BCUT2D eigenvalue weighted by atomic mass is 15.4. The van der Waals surface area contributed by atoms with Crippen LogP contribution in [0, 0.1) is 20.8 Å². The van der Waals surface area contributed by atoms with Gasteiger partial charge in [0.1, 0.15) is 11.6 Å². The summed E-state index contributed by atoms with van der Waals surface area (Å²) in [7, 11) is 0. The molecule has 0 unspecified atom stereocenters. The van der Waals surface area contributed by atoms with Crippen molar-refractivity contribution in [1.29, 1.82) is 0 Å². The van der Waals surface area contributed by atoms with Crippen LogP contribution >= 0.6 is 0 Å². The van der Waals surface area contributed by atoms with E-state index in [1.165, 1.54) is 19.3 Å². The number of nitrogens with zero attached hydrogens (tertiary/aromatic N) is 6. The molecule has 22 heavy (non-hydrogen) atoms. The van der Waals surface area contributed by atoms with Crippen molar-refractivity contribution in [1.82, 2.24) is 29.6 Å². The Hall–Kier alpha value is -1.82. The third kappa shape index (κ3) is 3.50. The quantitative estimate of drug-likeness (QED) is 0.865. The monoisotopic (exact) mass is 300 g/mol. The molecule has 6 nitrogen and oxygen atoms in total. The van der Waals surface area contributed by atoms with Crippen molar-refractivity contribution in [2.45, 2.75) is 59.2 Å². The van der Waals surface area contributed by atoms with Crippen molar-refractivity contribution >= 4 is 0 Å². The van der Waals surface area contributed by atoms with Crippen LogP contribution in [0.15, 0.2) is 12.4 Å². The number of aromatic nitrogens is 5. The number of rotatable bonds is 4. The summed E-state index contributed by atoms with van der Waals surface area (Å²) in [5.41, 5.74) is 2.01. The summed E-state index contributed by atoms with van der Waals surface area (Å²) < 4.78 is 2.04. The van der Waals surface area contributed by atoms with Gasteiger partial charge in [0.05, 0.1) is 17.9 Å². The first kappa shape index (κ1) is 15.1. The molecule has 3 rings (SSSR count). The Morgan fingerprint density at radius 2 is 2.00 bits per heavy atom. The molecule has 0 radical (unpaired) electrons. The fourth-order valence-electron chi connectivity index (χ4n) is 3.12. The molecule has 0 bridgehead atoms. The van der Waals surface area contributed by atoms with Crippen molar-refractivity contribution in [2.75, 3.05) is 6.54 Å². The molecule has 6 heteroatoms. The lowest BCUT2D eigenvalue weighted by Gasteiger charge is -2.35. The maximum atomic E-state index is 4.51. The summed E-state index contributed by atoms with van der Waals surface area (Å²) in [6, 6.07) is 0.497. The molecule has 0 spiro atoms. The van der Waals surface area contributed by atoms with E-state index in [0.29, 0.717) is 6.04 Å². The summed E-state index contributed by atoms with van der Waals surface area (Å²) in [5.74, 6) is 1.85. The molecule has 1 aliphatic heterocycles. The highest BCUT2D eigenvalue weighted by Crippen LogP contribution is 2.20. The highest BCUT2D eigenvalue weighted by molar-refractivity contribution is 5.01. The minimum Gasteiger partial charge on any atom is -0.293 e. The Kier molecular flexibility index (Phi) is 4.47. The standard InChI is InChI=1S/C16H24N6/c1-12-8-18-15(9-17-12)10-21-7-5-4-6-16(21)11-22-14(3)19-13(2)20-22/h8-9,16H,4-7,10-11H2,1-3H3/t16-/m0/s1. The zero-order chi connectivity index (χ0) is 15.5. The number of hydrogen-bond acceptors (Lipinski definition) is 5. The largest absolute Gasteiger partial charge is 0.293 e. The normalized spacial score (nSPS) is 19.5. The molecule has 0 saturated carbocycles. The molecule has 3 heterocycles. The smallest absolute Gasteiger partial charge is 0.147 e. The van der Waals surface area contributed by atoms with Gasteiger partial charge in [-0.2, -0.15) is 5.10 Å². The second-order valence-electron chi connectivity index (χ2n) is 6.16. The van der Waals surface area contributed by atoms with Gasteiger partial charge in [0, 0.05) is 25.0 Å². The molecule has 118 valence electrons. The Balaban J connectivity index is 1.70. The molecule has 0 aliphatic carbocycles. The van der Waals surface area contributed by atoms with Gasteiger partial charge in [-0.25, -0.2) is 9.67 Å². The van der Waals surface area contributed by atoms with Crippen molar-refractivity contribution < 1.29 is 0 Å². The van der Waals surface area contributed by atoms with Crippen LogP contribution < -0.4 is 0 Å². The van der Waals surface area contributed by atoms with Crippen molar-refractivity contribution in [3.8, 4) is 0 Å². The van der Waals surface area contributed by atoms with E-state index in [9.17, 15) is 0 Å². The van der Waals surface area contributed by atoms with E-state index in [1.54, 1.807) is 0 Å². The highest BCUT2D eigenvalue weighted by Gasteiger charge is 2.24. The van der Waals surface area contributed by atoms with E-state index in [-0.39, 0.29) is 0 Å². The Bertz CT molecular complexity index is 618. The molecule has 1 atom stereocenters. The number of hydrogen-bond donors (Lipinski definition) is 0. The van der Waals surface area contributed by atoms with Gasteiger partial charge >= 0.3 is 0 Å². The minimum absolute atomic E-state index is 0.497. The van der Waals surface area contributed by atoms with Crippen LogP contribution in [0.1, 0.15) is 42.3 Å². The van der Waals surface area contributed by atoms with Gasteiger partial charge in [-0.15, -0.1) is 0 Å². The maximum absolute atomic E-state index is 4.51.